The van der Waals surface area contributed by atoms with E-state index in [-0.39, 0.29) is 44.6 Å². The van der Waals surface area contributed by atoms with E-state index in [1.165, 1.54) is 12.5 Å². The molecule has 0 saturated heterocycles. The number of aliphatic imine (C=N–C) groups is 1. The number of nitrogens with zero attached hydrogens (tertiary/aromatic N) is 2. The zero-order chi connectivity index (χ0) is 31.1. The van der Waals surface area contributed by atoms with Gasteiger partial charge in [-0.15, -0.1) is 0 Å². The van der Waals surface area contributed by atoms with E-state index in [9.17, 15) is 29.1 Å². The predicted octanol–water partition coefficient (Wildman–Crippen LogP) is -2.62. The van der Waals surface area contributed by atoms with E-state index < -0.39 is 53.8 Å². The molecule has 2 rings (SSSR count). The molecular weight excluding hydrogens is 548 g/mol. The Morgan fingerprint density at radius 2 is 1.52 bits per heavy atom. The predicted molar refractivity (Wildman–Crippen MR) is 152 cm³/mol. The first-order chi connectivity index (χ1) is 20.0. The third-order valence-electron chi connectivity index (χ3n) is 6.13. The van der Waals surface area contributed by atoms with Crippen molar-refractivity contribution in [2.45, 2.75) is 62.7 Å². The second kappa shape index (κ2) is 17.0. The molecule has 13 N–H and O–H groups in total. The van der Waals surface area contributed by atoms with Crippen LogP contribution in [0.3, 0.4) is 0 Å². The van der Waals surface area contributed by atoms with Crippen LogP contribution in [0.2, 0.25) is 0 Å². The maximum absolute atomic E-state index is 13.3. The number of nitrogens with one attached hydrogen (secondary N) is 4. The van der Waals surface area contributed by atoms with E-state index in [1.807, 2.05) is 0 Å². The van der Waals surface area contributed by atoms with E-state index in [1.54, 1.807) is 30.3 Å². The molecule has 4 amide bonds. The summed E-state index contributed by atoms with van der Waals surface area (Å²) in [5, 5.41) is 17.3. The zero-order valence-electron chi connectivity index (χ0n) is 23.0. The van der Waals surface area contributed by atoms with Crippen LogP contribution < -0.4 is 38.9 Å². The molecule has 0 radical (unpaired) electrons. The van der Waals surface area contributed by atoms with Crippen LogP contribution in [-0.4, -0.2) is 81.3 Å². The molecule has 0 aliphatic carbocycles. The van der Waals surface area contributed by atoms with Gasteiger partial charge >= 0.3 is 5.97 Å². The van der Waals surface area contributed by atoms with Gasteiger partial charge in [-0.3, -0.25) is 24.2 Å². The summed E-state index contributed by atoms with van der Waals surface area (Å²) in [5.41, 5.74) is 22.9. The molecule has 0 aliphatic rings. The Morgan fingerprint density at radius 3 is 2.12 bits per heavy atom. The normalized spacial score (nSPS) is 13.5. The van der Waals surface area contributed by atoms with Crippen LogP contribution in [0.5, 0.6) is 0 Å². The van der Waals surface area contributed by atoms with Crippen molar-refractivity contribution in [3.63, 3.8) is 0 Å². The van der Waals surface area contributed by atoms with Crippen molar-refractivity contribution in [3.05, 3.63) is 54.1 Å². The van der Waals surface area contributed by atoms with Crippen molar-refractivity contribution in [1.29, 1.82) is 0 Å². The number of carboxylic acids is 1. The largest absolute Gasteiger partial charge is 0.480 e. The van der Waals surface area contributed by atoms with Gasteiger partial charge < -0.3 is 49.0 Å². The fourth-order valence-electron chi connectivity index (χ4n) is 3.90. The average molecular weight is 587 g/mol. The van der Waals surface area contributed by atoms with Gasteiger partial charge in [-0.05, 0) is 24.8 Å². The lowest BCUT2D eigenvalue weighted by Crippen LogP contribution is -2.58. The lowest BCUT2D eigenvalue weighted by atomic mass is 10.0. The monoisotopic (exact) mass is 586 g/mol. The smallest absolute Gasteiger partial charge is 0.326 e. The number of carbonyl (C=O) groups is 5. The fourth-order valence-corrected chi connectivity index (χ4v) is 3.90. The molecule has 228 valence electrons. The number of H-pyrrole nitrogens is 1. The molecule has 0 bridgehead atoms. The highest BCUT2D eigenvalue weighted by atomic mass is 16.4. The van der Waals surface area contributed by atoms with Gasteiger partial charge in [0.1, 0.15) is 18.1 Å². The van der Waals surface area contributed by atoms with Crippen molar-refractivity contribution in [1.82, 2.24) is 25.9 Å². The van der Waals surface area contributed by atoms with Crippen molar-refractivity contribution in [3.8, 4) is 0 Å². The maximum Gasteiger partial charge on any atom is 0.326 e. The van der Waals surface area contributed by atoms with Crippen molar-refractivity contribution in [2.75, 3.05) is 6.54 Å². The Balaban J connectivity index is 2.17. The molecule has 1 aromatic heterocycles. The highest BCUT2D eigenvalue weighted by molar-refractivity contribution is 5.94. The maximum atomic E-state index is 13.3. The number of aromatic nitrogens is 2. The number of guanidine groups is 1. The summed E-state index contributed by atoms with van der Waals surface area (Å²) in [5.74, 6) is -4.32. The van der Waals surface area contributed by atoms with Gasteiger partial charge in [-0.1, -0.05) is 30.3 Å². The Morgan fingerprint density at radius 1 is 0.881 bits per heavy atom. The first-order valence-corrected chi connectivity index (χ1v) is 13.2. The SMILES string of the molecule is NC(=O)CCC(NC(=O)C(N)CCCN=C(N)N)C(=O)NC(Cc1cnc[nH]1)C(=O)NC(Cc1ccccc1)C(=O)O. The molecule has 16 heteroatoms. The molecule has 16 nitrogen and oxygen atoms in total. The van der Waals surface area contributed by atoms with Crippen LogP contribution >= 0.6 is 0 Å². The van der Waals surface area contributed by atoms with E-state index in [0.717, 1.165) is 0 Å². The molecule has 0 saturated carbocycles. The lowest BCUT2D eigenvalue weighted by molar-refractivity contribution is -0.142. The molecule has 1 aromatic carbocycles. The van der Waals surface area contributed by atoms with Gasteiger partial charge in [0, 0.05) is 37.7 Å². The molecule has 0 fully saturated rings. The Hall–Kier alpha value is -4.99. The Labute approximate surface area is 242 Å². The summed E-state index contributed by atoms with van der Waals surface area (Å²) < 4.78 is 0. The number of amides is 4. The zero-order valence-corrected chi connectivity index (χ0v) is 23.0. The molecular formula is C26H38N10O6. The number of carboxylic acid groups (broad SMARTS) is 1. The van der Waals surface area contributed by atoms with Gasteiger partial charge in [0.25, 0.3) is 0 Å². The highest BCUT2D eigenvalue weighted by Gasteiger charge is 2.31. The lowest BCUT2D eigenvalue weighted by Gasteiger charge is -2.25. The molecule has 4 unspecified atom stereocenters. The van der Waals surface area contributed by atoms with E-state index >= 15 is 0 Å². The Kier molecular flexibility index (Phi) is 13.4. The number of hydrogen-bond acceptors (Lipinski definition) is 8. The highest BCUT2D eigenvalue weighted by Crippen LogP contribution is 2.07. The number of imidazole rings is 1. The second-order valence-electron chi connectivity index (χ2n) is 9.55. The summed E-state index contributed by atoms with van der Waals surface area (Å²) in [7, 11) is 0. The number of carbonyl (C=O) groups excluding carboxylic acids is 4. The first kappa shape index (κ1) is 33.2. The fraction of sp³-hybridized carbons (Fsp3) is 0.423. The summed E-state index contributed by atoms with van der Waals surface area (Å²) in [6.45, 7) is 0.251. The third kappa shape index (κ3) is 12.0. The van der Waals surface area contributed by atoms with E-state index in [4.69, 9.17) is 22.9 Å². The minimum atomic E-state index is -1.29. The van der Waals surface area contributed by atoms with Crippen LogP contribution in [0, 0.1) is 0 Å². The van der Waals surface area contributed by atoms with Crippen molar-refractivity contribution >= 4 is 35.6 Å². The quantitative estimate of drug-likeness (QED) is 0.0498. The third-order valence-corrected chi connectivity index (χ3v) is 6.13. The van der Waals surface area contributed by atoms with E-state index in [0.29, 0.717) is 17.7 Å². The van der Waals surface area contributed by atoms with Crippen LogP contribution in [0.4, 0.5) is 0 Å². The van der Waals surface area contributed by atoms with E-state index in [2.05, 4.69) is 30.9 Å². The number of nitrogens with two attached hydrogens (primary N) is 4. The summed E-state index contributed by atoms with van der Waals surface area (Å²) >= 11 is 0. The number of benzene rings is 1. The molecule has 0 spiro atoms. The van der Waals surface area contributed by atoms with Crippen LogP contribution in [0.1, 0.15) is 36.9 Å². The molecule has 2 aromatic rings. The molecule has 0 aliphatic heterocycles. The minimum absolute atomic E-state index is 0.00496. The number of hydrogen-bond donors (Lipinski definition) is 9. The number of rotatable bonds is 18. The summed E-state index contributed by atoms with van der Waals surface area (Å²) in [4.78, 5) is 73.3. The number of aliphatic carboxylic acids is 1. The number of aromatic amines is 1. The van der Waals surface area contributed by atoms with Gasteiger partial charge in [-0.25, -0.2) is 9.78 Å². The Bertz CT molecular complexity index is 1220. The minimum Gasteiger partial charge on any atom is -0.480 e. The van der Waals surface area contributed by atoms with Gasteiger partial charge in [-0.2, -0.15) is 0 Å². The number of primary amides is 1. The first-order valence-electron chi connectivity index (χ1n) is 13.2. The van der Waals surface area contributed by atoms with Crippen LogP contribution in [0.15, 0.2) is 47.8 Å². The van der Waals surface area contributed by atoms with Crippen molar-refractivity contribution < 1.29 is 29.1 Å². The van der Waals surface area contributed by atoms with Gasteiger partial charge in [0.05, 0.1) is 12.4 Å². The van der Waals surface area contributed by atoms with Gasteiger partial charge in [0.2, 0.25) is 23.6 Å². The molecule has 4 atom stereocenters. The second-order valence-corrected chi connectivity index (χ2v) is 9.55. The van der Waals surface area contributed by atoms with Crippen molar-refractivity contribution in [2.24, 2.45) is 27.9 Å². The molecule has 42 heavy (non-hydrogen) atoms. The summed E-state index contributed by atoms with van der Waals surface area (Å²) in [6, 6.07) is 3.88. The topological polar surface area (TPSA) is 287 Å². The van der Waals surface area contributed by atoms with Gasteiger partial charge in [0.15, 0.2) is 5.96 Å². The standard InChI is InChI=1S/C26H38N10O6/c27-17(7-4-10-32-26(29)30)22(38)34-18(8-9-21(28)37)23(39)35-19(12-16-13-31-14-33-16)24(40)36-20(25(41)42)11-15-5-2-1-3-6-15/h1-3,5-6,13-14,17-20H,4,7-12,27H2,(H2,28,37)(H,31,33)(H,34,38)(H,35,39)(H,36,40)(H,41,42)(H4,29,30,32). The average Bonchev–Trinajstić information content (AvgIpc) is 3.45. The summed E-state index contributed by atoms with van der Waals surface area (Å²) in [6.07, 6.45) is 2.94. The van der Waals surface area contributed by atoms with Crippen LogP contribution in [0.25, 0.3) is 0 Å². The molecule has 1 heterocycles. The van der Waals surface area contributed by atoms with Crippen LogP contribution in [-0.2, 0) is 36.8 Å².